The van der Waals surface area contributed by atoms with Gasteiger partial charge in [0.15, 0.2) is 0 Å². The summed E-state index contributed by atoms with van der Waals surface area (Å²) in [4.78, 5) is 11.8. The summed E-state index contributed by atoms with van der Waals surface area (Å²) in [5.41, 5.74) is 1.22. The zero-order chi connectivity index (χ0) is 11.5. The zero-order valence-corrected chi connectivity index (χ0v) is 11.4. The summed E-state index contributed by atoms with van der Waals surface area (Å²) in [5.74, 6) is 0.0983. The lowest BCUT2D eigenvalue weighted by atomic mass is 9.91. The highest BCUT2D eigenvalue weighted by Gasteiger charge is 2.36. The molecule has 1 N–H and O–H groups in total. The van der Waals surface area contributed by atoms with Crippen molar-refractivity contribution < 1.29 is 9.53 Å². The van der Waals surface area contributed by atoms with Crippen LogP contribution in [0.15, 0.2) is 15.2 Å². The number of esters is 1. The van der Waals surface area contributed by atoms with Crippen LogP contribution < -0.4 is 5.32 Å². The van der Waals surface area contributed by atoms with Crippen molar-refractivity contribution in [1.29, 1.82) is 0 Å². The van der Waals surface area contributed by atoms with Gasteiger partial charge in [-0.25, -0.2) is 0 Å². The Morgan fingerprint density at radius 3 is 3.06 bits per heavy atom. The maximum absolute atomic E-state index is 11.8. The van der Waals surface area contributed by atoms with Crippen LogP contribution in [-0.4, -0.2) is 25.7 Å². The number of ether oxygens (including phenoxy) is 1. The minimum Gasteiger partial charge on any atom is -0.466 e. The Morgan fingerprint density at radius 2 is 2.44 bits per heavy atom. The highest BCUT2D eigenvalue weighted by Crippen LogP contribution is 2.35. The van der Waals surface area contributed by atoms with Crippen molar-refractivity contribution in [3.05, 3.63) is 20.8 Å². The second-order valence-corrected chi connectivity index (χ2v) is 5.40. The van der Waals surface area contributed by atoms with E-state index in [-0.39, 0.29) is 17.8 Å². The van der Waals surface area contributed by atoms with Crippen LogP contribution in [0.25, 0.3) is 0 Å². The number of nitrogens with one attached hydrogen (secondary N) is 1. The highest BCUT2D eigenvalue weighted by molar-refractivity contribution is 9.10. The van der Waals surface area contributed by atoms with Gasteiger partial charge in [0.1, 0.15) is 0 Å². The van der Waals surface area contributed by atoms with Crippen molar-refractivity contribution in [3.8, 4) is 0 Å². The van der Waals surface area contributed by atoms with Gasteiger partial charge in [0, 0.05) is 28.9 Å². The molecule has 1 saturated heterocycles. The van der Waals surface area contributed by atoms with Crippen LogP contribution in [-0.2, 0) is 9.53 Å². The first-order valence-electron chi connectivity index (χ1n) is 5.33. The number of carbonyl (C=O) groups excluding carboxylic acids is 1. The molecule has 88 valence electrons. The Bertz CT molecular complexity index is 380. The highest BCUT2D eigenvalue weighted by atomic mass is 79.9. The van der Waals surface area contributed by atoms with Gasteiger partial charge in [-0.3, -0.25) is 4.79 Å². The van der Waals surface area contributed by atoms with Gasteiger partial charge in [0.05, 0.1) is 12.5 Å². The molecule has 0 spiro atoms. The summed E-state index contributed by atoms with van der Waals surface area (Å²) >= 11 is 5.18. The molecule has 0 unspecified atom stereocenters. The molecule has 16 heavy (non-hydrogen) atoms. The van der Waals surface area contributed by atoms with E-state index in [2.05, 4.69) is 32.0 Å². The normalized spacial score (nSPS) is 24.6. The molecule has 2 atom stereocenters. The minimum absolute atomic E-state index is 0.0501. The van der Waals surface area contributed by atoms with Gasteiger partial charge >= 0.3 is 5.97 Å². The molecule has 1 aromatic heterocycles. The number of hydrogen-bond acceptors (Lipinski definition) is 4. The first-order chi connectivity index (χ1) is 7.74. The van der Waals surface area contributed by atoms with E-state index in [0.717, 1.165) is 11.0 Å². The molecule has 0 bridgehead atoms. The third-order valence-corrected chi connectivity index (χ3v) is 4.60. The zero-order valence-electron chi connectivity index (χ0n) is 9.03. The summed E-state index contributed by atoms with van der Waals surface area (Å²) < 4.78 is 6.20. The molecule has 2 heterocycles. The number of rotatable bonds is 3. The fraction of sp³-hybridized carbons (Fsp3) is 0.545. The molecule has 2 rings (SSSR count). The van der Waals surface area contributed by atoms with Crippen LogP contribution >= 0.6 is 27.3 Å². The third-order valence-electron chi connectivity index (χ3n) is 2.85. The van der Waals surface area contributed by atoms with E-state index >= 15 is 0 Å². The van der Waals surface area contributed by atoms with Crippen LogP contribution in [0.3, 0.4) is 0 Å². The summed E-state index contributed by atoms with van der Waals surface area (Å²) in [7, 11) is 0. The maximum Gasteiger partial charge on any atom is 0.310 e. The van der Waals surface area contributed by atoms with Crippen LogP contribution in [0, 0.1) is 5.92 Å². The second kappa shape index (κ2) is 5.29. The van der Waals surface area contributed by atoms with Gasteiger partial charge in [-0.2, -0.15) is 11.3 Å². The first kappa shape index (κ1) is 12.1. The quantitative estimate of drug-likeness (QED) is 0.871. The minimum atomic E-state index is -0.0874. The van der Waals surface area contributed by atoms with Gasteiger partial charge in [0.25, 0.3) is 0 Å². The van der Waals surface area contributed by atoms with E-state index < -0.39 is 0 Å². The van der Waals surface area contributed by atoms with E-state index in [1.165, 1.54) is 5.56 Å². The number of carbonyl (C=O) groups is 1. The Hall–Kier alpha value is -0.390. The van der Waals surface area contributed by atoms with E-state index in [1.54, 1.807) is 11.3 Å². The lowest BCUT2D eigenvalue weighted by molar-refractivity contribution is -0.147. The van der Waals surface area contributed by atoms with Crippen LogP contribution in [0.4, 0.5) is 0 Å². The molecular weight excluding hydrogens is 290 g/mol. The van der Waals surface area contributed by atoms with Gasteiger partial charge in [-0.15, -0.1) is 0 Å². The summed E-state index contributed by atoms with van der Waals surface area (Å²) in [5, 5.41) is 7.42. The molecule has 1 aliphatic rings. The Morgan fingerprint density at radius 1 is 1.62 bits per heavy atom. The van der Waals surface area contributed by atoms with Crippen molar-refractivity contribution in [3.63, 3.8) is 0 Å². The number of halogens is 1. The molecule has 0 aliphatic carbocycles. The molecule has 3 nitrogen and oxygen atoms in total. The number of thiophene rings is 1. The van der Waals surface area contributed by atoms with Crippen LogP contribution in [0.1, 0.15) is 18.4 Å². The molecular formula is C11H14BrNO2S. The van der Waals surface area contributed by atoms with E-state index in [0.29, 0.717) is 13.2 Å². The molecule has 1 aliphatic heterocycles. The topological polar surface area (TPSA) is 38.3 Å². The van der Waals surface area contributed by atoms with E-state index in [9.17, 15) is 4.79 Å². The Balaban J connectivity index is 2.15. The van der Waals surface area contributed by atoms with Gasteiger partial charge in [-0.1, -0.05) is 0 Å². The number of hydrogen-bond donors (Lipinski definition) is 1. The van der Waals surface area contributed by atoms with Gasteiger partial charge in [0.2, 0.25) is 0 Å². The second-order valence-electron chi connectivity index (χ2n) is 3.80. The van der Waals surface area contributed by atoms with Gasteiger partial charge < -0.3 is 10.1 Å². The predicted molar refractivity (Wildman–Crippen MR) is 67.8 cm³/mol. The standard InChI is InChI=1S/C11H14BrNO2S/c1-2-15-11(14)8-4-13-3-7(8)9-5-16-6-10(9)12/h5-8,13H,2-4H2,1H3/t7-,8+/m1/s1. The smallest absolute Gasteiger partial charge is 0.310 e. The molecule has 0 aromatic carbocycles. The predicted octanol–water partition coefficient (Wildman–Crippen LogP) is 2.38. The molecule has 1 fully saturated rings. The molecule has 5 heteroatoms. The summed E-state index contributed by atoms with van der Waals surface area (Å²) in [6, 6.07) is 0. The lowest BCUT2D eigenvalue weighted by Gasteiger charge is -2.16. The fourth-order valence-electron chi connectivity index (χ4n) is 2.06. The molecule has 0 radical (unpaired) electrons. The molecule has 1 aromatic rings. The summed E-state index contributed by atoms with van der Waals surface area (Å²) in [6.07, 6.45) is 0. The van der Waals surface area contributed by atoms with Crippen molar-refractivity contribution in [2.45, 2.75) is 12.8 Å². The molecule has 0 amide bonds. The average molecular weight is 304 g/mol. The van der Waals surface area contributed by atoms with Crippen LogP contribution in [0.2, 0.25) is 0 Å². The SMILES string of the molecule is CCOC(=O)[C@H]1CNC[C@H]1c1cscc1Br. The maximum atomic E-state index is 11.8. The third kappa shape index (κ3) is 2.31. The molecule has 0 saturated carbocycles. The monoisotopic (exact) mass is 303 g/mol. The summed E-state index contributed by atoms with van der Waals surface area (Å²) in [6.45, 7) is 3.85. The van der Waals surface area contributed by atoms with Crippen molar-refractivity contribution >= 4 is 33.2 Å². The first-order valence-corrected chi connectivity index (χ1v) is 7.06. The van der Waals surface area contributed by atoms with Gasteiger partial charge in [-0.05, 0) is 33.8 Å². The van der Waals surface area contributed by atoms with E-state index in [4.69, 9.17) is 4.74 Å². The average Bonchev–Trinajstić information content (AvgIpc) is 2.85. The largest absolute Gasteiger partial charge is 0.466 e. The Kier molecular flexibility index (Phi) is 4.00. The van der Waals surface area contributed by atoms with Crippen molar-refractivity contribution in [2.24, 2.45) is 5.92 Å². The lowest BCUT2D eigenvalue weighted by Crippen LogP contribution is -2.24. The Labute approximate surface area is 107 Å². The van der Waals surface area contributed by atoms with E-state index in [1.807, 2.05) is 6.92 Å². The fourth-order valence-corrected chi connectivity index (χ4v) is 3.71. The van der Waals surface area contributed by atoms with Crippen molar-refractivity contribution in [2.75, 3.05) is 19.7 Å². The van der Waals surface area contributed by atoms with Crippen LogP contribution in [0.5, 0.6) is 0 Å². The van der Waals surface area contributed by atoms with Crippen molar-refractivity contribution in [1.82, 2.24) is 5.32 Å².